The minimum absolute atomic E-state index is 0.388. The highest BCUT2D eigenvalue weighted by Crippen LogP contribution is 2.02. The quantitative estimate of drug-likeness (QED) is 0.616. The summed E-state index contributed by atoms with van der Waals surface area (Å²) in [6.07, 6.45) is 5.31. The molecule has 2 N–H and O–H groups in total. The van der Waals surface area contributed by atoms with Crippen molar-refractivity contribution in [3.05, 3.63) is 24.9 Å². The lowest BCUT2D eigenvalue weighted by Crippen LogP contribution is -2.40. The average molecular weight is 152 g/mol. The van der Waals surface area contributed by atoms with Gasteiger partial charge in [0.2, 0.25) is 0 Å². The predicted octanol–water partition coefficient (Wildman–Crippen LogP) is 1.88. The molecule has 0 heterocycles. The van der Waals surface area contributed by atoms with Crippen molar-refractivity contribution in [3.63, 3.8) is 0 Å². The van der Waals surface area contributed by atoms with E-state index >= 15 is 0 Å². The fourth-order valence-electron chi connectivity index (χ4n) is 0.680. The Labute approximate surface area is 68.5 Å². The van der Waals surface area contributed by atoms with Gasteiger partial charge in [-0.25, -0.2) is 0 Å². The highest BCUT2D eigenvalue weighted by Gasteiger charge is 2.15. The van der Waals surface area contributed by atoms with Crippen LogP contribution in [0.1, 0.15) is 20.8 Å². The molecule has 62 valence electrons. The second-order valence-corrected chi connectivity index (χ2v) is 2.92. The molecule has 0 aliphatic heterocycles. The third kappa shape index (κ3) is 3.73. The molecule has 0 atom stereocenters. The Balaban J connectivity index is 4.61. The molecule has 0 rings (SSSR count). The van der Waals surface area contributed by atoms with Gasteiger partial charge in [0.25, 0.3) is 0 Å². The number of hydrogen-bond donors (Lipinski definition) is 1. The highest BCUT2D eigenvalue weighted by atomic mass is 14.8. The van der Waals surface area contributed by atoms with E-state index in [4.69, 9.17) is 5.73 Å². The summed E-state index contributed by atoms with van der Waals surface area (Å²) >= 11 is 0. The van der Waals surface area contributed by atoms with Crippen LogP contribution < -0.4 is 5.73 Å². The lowest BCUT2D eigenvalue weighted by molar-refractivity contribution is 0.701. The molecule has 0 aromatic heterocycles. The van der Waals surface area contributed by atoms with Crippen LogP contribution in [-0.2, 0) is 0 Å². The predicted molar refractivity (Wildman–Crippen MR) is 50.7 cm³/mol. The Hall–Kier alpha value is -0.890. The maximum Gasteiger partial charge on any atom is 0.0593 e. The molecule has 0 radical (unpaired) electrons. The number of allylic oxidation sites excluding steroid dienone is 1. The maximum atomic E-state index is 5.82. The molecular formula is C9H16N2. The Morgan fingerprint density at radius 3 is 2.36 bits per heavy atom. The van der Waals surface area contributed by atoms with Gasteiger partial charge in [0.05, 0.1) is 11.3 Å². The van der Waals surface area contributed by atoms with Crippen LogP contribution in [0.4, 0.5) is 0 Å². The molecule has 11 heavy (non-hydrogen) atoms. The Morgan fingerprint density at radius 2 is 2.09 bits per heavy atom. The number of hydrogen-bond acceptors (Lipinski definition) is 2. The number of aliphatic imine (C=N–C) groups is 1. The summed E-state index contributed by atoms with van der Waals surface area (Å²) in [7, 11) is 0. The molecule has 2 heteroatoms. The fraction of sp³-hybridized carbons (Fsp3) is 0.444. The third-order valence-electron chi connectivity index (χ3n) is 1.22. The smallest absolute Gasteiger partial charge is 0.0593 e. The van der Waals surface area contributed by atoms with Crippen molar-refractivity contribution >= 4 is 5.71 Å². The zero-order valence-electron chi connectivity index (χ0n) is 7.46. The first-order valence-corrected chi connectivity index (χ1v) is 3.63. The first-order chi connectivity index (χ1) is 5.02. The van der Waals surface area contributed by atoms with Gasteiger partial charge in [-0.2, -0.15) is 0 Å². The molecule has 0 fully saturated rings. The van der Waals surface area contributed by atoms with Gasteiger partial charge in [-0.05, 0) is 26.8 Å². The summed E-state index contributed by atoms with van der Waals surface area (Å²) in [4.78, 5) is 4.05. The van der Waals surface area contributed by atoms with Gasteiger partial charge < -0.3 is 5.73 Å². The van der Waals surface area contributed by atoms with Crippen LogP contribution in [0, 0.1) is 0 Å². The Kier molecular flexibility index (Phi) is 3.76. The van der Waals surface area contributed by atoms with Crippen LogP contribution in [-0.4, -0.2) is 11.3 Å². The summed E-state index contributed by atoms with van der Waals surface area (Å²) in [6.45, 7) is 9.28. The molecule has 0 bridgehead atoms. The monoisotopic (exact) mass is 152 g/mol. The molecule has 0 aliphatic rings. The summed E-state index contributed by atoms with van der Waals surface area (Å²) in [6, 6.07) is 0. The fourth-order valence-corrected chi connectivity index (χ4v) is 0.680. The van der Waals surface area contributed by atoms with E-state index < -0.39 is 0 Å². The second kappa shape index (κ2) is 4.09. The Morgan fingerprint density at radius 1 is 1.55 bits per heavy atom. The molecule has 0 aromatic rings. The third-order valence-corrected chi connectivity index (χ3v) is 1.22. The standard InChI is InChI=1S/C9H16N2/c1-5-7-8(11-6-2)9(3,4)10/h5-7H,2,10H2,1,3-4H3/b7-5-,11-8+. The number of nitrogens with two attached hydrogens (primary N) is 1. The van der Waals surface area contributed by atoms with Crippen molar-refractivity contribution in [3.8, 4) is 0 Å². The first-order valence-electron chi connectivity index (χ1n) is 3.63. The van der Waals surface area contributed by atoms with Crippen molar-refractivity contribution in [2.24, 2.45) is 10.7 Å². The van der Waals surface area contributed by atoms with E-state index in [1.165, 1.54) is 6.20 Å². The van der Waals surface area contributed by atoms with Crippen LogP contribution in [0.15, 0.2) is 29.9 Å². The Bertz CT molecular complexity index is 182. The van der Waals surface area contributed by atoms with Crippen molar-refractivity contribution in [1.82, 2.24) is 0 Å². The zero-order valence-corrected chi connectivity index (χ0v) is 7.46. The lowest BCUT2D eigenvalue weighted by atomic mass is 9.99. The molecule has 2 nitrogen and oxygen atoms in total. The molecule has 0 amide bonds. The van der Waals surface area contributed by atoms with Gasteiger partial charge in [-0.15, -0.1) is 0 Å². The van der Waals surface area contributed by atoms with Crippen LogP contribution in [0.3, 0.4) is 0 Å². The normalized spacial score (nSPS) is 14.0. The summed E-state index contributed by atoms with van der Waals surface area (Å²) in [5, 5.41) is 0. The van der Waals surface area contributed by atoms with E-state index in [9.17, 15) is 0 Å². The van der Waals surface area contributed by atoms with Gasteiger partial charge in [-0.3, -0.25) is 4.99 Å². The van der Waals surface area contributed by atoms with Gasteiger partial charge >= 0.3 is 0 Å². The van der Waals surface area contributed by atoms with Crippen molar-refractivity contribution in [1.29, 1.82) is 0 Å². The summed E-state index contributed by atoms with van der Waals surface area (Å²) in [5.41, 5.74) is 6.28. The minimum Gasteiger partial charge on any atom is -0.321 e. The molecule has 0 aromatic carbocycles. The van der Waals surface area contributed by atoms with E-state index in [0.717, 1.165) is 5.71 Å². The van der Waals surface area contributed by atoms with Gasteiger partial charge in [0.1, 0.15) is 0 Å². The maximum absolute atomic E-state index is 5.82. The van der Waals surface area contributed by atoms with Gasteiger partial charge in [-0.1, -0.05) is 12.7 Å². The van der Waals surface area contributed by atoms with Crippen molar-refractivity contribution in [2.45, 2.75) is 26.3 Å². The van der Waals surface area contributed by atoms with Crippen LogP contribution >= 0.6 is 0 Å². The molecule has 0 saturated heterocycles. The number of nitrogens with zero attached hydrogens (tertiary/aromatic N) is 1. The van der Waals surface area contributed by atoms with E-state index in [1.807, 2.05) is 32.9 Å². The number of rotatable bonds is 3. The van der Waals surface area contributed by atoms with Crippen LogP contribution in [0.5, 0.6) is 0 Å². The summed E-state index contributed by atoms with van der Waals surface area (Å²) < 4.78 is 0. The molecule has 0 saturated carbocycles. The molecule has 0 unspecified atom stereocenters. The topological polar surface area (TPSA) is 38.4 Å². The van der Waals surface area contributed by atoms with Crippen molar-refractivity contribution < 1.29 is 0 Å². The van der Waals surface area contributed by atoms with Crippen molar-refractivity contribution in [2.75, 3.05) is 0 Å². The molecule has 0 spiro atoms. The second-order valence-electron chi connectivity index (χ2n) is 2.92. The van der Waals surface area contributed by atoms with E-state index in [1.54, 1.807) is 0 Å². The lowest BCUT2D eigenvalue weighted by Gasteiger charge is -2.17. The van der Waals surface area contributed by atoms with E-state index in [2.05, 4.69) is 11.6 Å². The molecule has 0 aliphatic carbocycles. The summed E-state index contributed by atoms with van der Waals surface area (Å²) in [5.74, 6) is 0. The highest BCUT2D eigenvalue weighted by molar-refractivity contribution is 6.02. The first kappa shape index (κ1) is 10.1. The zero-order chi connectivity index (χ0) is 8.91. The van der Waals surface area contributed by atoms with Gasteiger partial charge in [0, 0.05) is 6.20 Å². The molecular weight excluding hydrogens is 136 g/mol. The minimum atomic E-state index is -0.388. The average Bonchev–Trinajstić information content (AvgIpc) is 1.85. The van der Waals surface area contributed by atoms with E-state index in [0.29, 0.717) is 0 Å². The largest absolute Gasteiger partial charge is 0.321 e. The van der Waals surface area contributed by atoms with Crippen LogP contribution in [0.2, 0.25) is 0 Å². The SMILES string of the molecule is C=C/N=C(\C=C/C)C(C)(C)N. The van der Waals surface area contributed by atoms with Crippen LogP contribution in [0.25, 0.3) is 0 Å². The van der Waals surface area contributed by atoms with Gasteiger partial charge in [0.15, 0.2) is 0 Å². The van der Waals surface area contributed by atoms with E-state index in [-0.39, 0.29) is 5.54 Å².